The Kier molecular flexibility index (Phi) is 7.46. The number of benzene rings is 1. The first kappa shape index (κ1) is 16.5. The van der Waals surface area contributed by atoms with Gasteiger partial charge in [0, 0.05) is 5.02 Å². The van der Waals surface area contributed by atoms with Gasteiger partial charge in [0.1, 0.15) is 18.1 Å². The highest BCUT2D eigenvalue weighted by Crippen LogP contribution is 2.12. The van der Waals surface area contributed by atoms with Gasteiger partial charge in [-0.25, -0.2) is 9.13 Å². The van der Waals surface area contributed by atoms with E-state index in [4.69, 9.17) is 11.6 Å². The normalized spacial score (nSPS) is 10.2. The monoisotopic (exact) mass is 390 g/mol. The second kappa shape index (κ2) is 8.59. The van der Waals surface area contributed by atoms with Crippen LogP contribution in [-0.4, -0.2) is 4.57 Å². The molecule has 0 N–H and O–H groups in total. The number of aryl methyl sites for hydroxylation is 1. The number of aromatic nitrogens is 2. The molecule has 0 fully saturated rings. The van der Waals surface area contributed by atoms with E-state index in [0.29, 0.717) is 0 Å². The Morgan fingerprint density at radius 3 is 2.53 bits per heavy atom. The summed E-state index contributed by atoms with van der Waals surface area (Å²) in [4.78, 5) is 0. The second-order valence-corrected chi connectivity index (χ2v) is 5.03. The lowest BCUT2D eigenvalue weighted by Gasteiger charge is -1.97. The third-order valence-electron chi connectivity index (χ3n) is 3.09. The molecule has 1 aromatic carbocycles. The average Bonchev–Trinajstić information content (AvgIpc) is 2.84. The fourth-order valence-electron chi connectivity index (χ4n) is 2.01. The van der Waals surface area contributed by atoms with E-state index in [2.05, 4.69) is 34.8 Å². The van der Waals surface area contributed by atoms with Gasteiger partial charge in [-0.2, -0.15) is 0 Å². The van der Waals surface area contributed by atoms with E-state index >= 15 is 0 Å². The summed E-state index contributed by atoms with van der Waals surface area (Å²) in [6.07, 6.45) is 11.5. The molecule has 1 aromatic heterocycles. The van der Waals surface area contributed by atoms with Crippen molar-refractivity contribution in [3.63, 3.8) is 0 Å². The van der Waals surface area contributed by atoms with E-state index in [0.717, 1.165) is 17.3 Å². The topological polar surface area (TPSA) is 8.81 Å². The molecule has 0 unspecified atom stereocenters. The molecule has 0 aliphatic carbocycles. The van der Waals surface area contributed by atoms with E-state index in [1.807, 2.05) is 24.3 Å². The van der Waals surface area contributed by atoms with E-state index in [9.17, 15) is 0 Å². The molecule has 0 aliphatic rings. The molecule has 0 saturated carbocycles. The molecule has 19 heavy (non-hydrogen) atoms. The smallest absolute Gasteiger partial charge is 0.248 e. The lowest BCUT2D eigenvalue weighted by molar-refractivity contribution is -0.696. The fourth-order valence-corrected chi connectivity index (χ4v) is 2.14. The third kappa shape index (κ3) is 5.15. The molecule has 0 bridgehead atoms. The van der Waals surface area contributed by atoms with Crippen LogP contribution in [0.15, 0.2) is 43.0 Å². The highest BCUT2D eigenvalue weighted by molar-refractivity contribution is 6.30. The molecular weight excluding hydrogens is 371 g/mol. The summed E-state index contributed by atoms with van der Waals surface area (Å²) in [5, 5.41) is 0.776. The Balaban J connectivity index is 0.00000180. The summed E-state index contributed by atoms with van der Waals surface area (Å²) in [6.45, 7) is 3.34. The van der Waals surface area contributed by atoms with Crippen molar-refractivity contribution in [2.24, 2.45) is 0 Å². The van der Waals surface area contributed by atoms with Gasteiger partial charge in [0.25, 0.3) is 0 Å². The van der Waals surface area contributed by atoms with Crippen LogP contribution in [0.5, 0.6) is 0 Å². The predicted molar refractivity (Wildman–Crippen MR) is 75.1 cm³/mol. The molecule has 0 spiro atoms. The van der Waals surface area contributed by atoms with Crippen LogP contribution in [0.1, 0.15) is 32.6 Å². The Morgan fingerprint density at radius 2 is 1.84 bits per heavy atom. The number of unbranched alkanes of at least 4 members (excludes halogenated alkanes) is 3. The van der Waals surface area contributed by atoms with Crippen LogP contribution in [0.25, 0.3) is 5.69 Å². The number of hydrogen-bond donors (Lipinski definition) is 0. The lowest BCUT2D eigenvalue weighted by atomic mass is 10.2. The maximum absolute atomic E-state index is 5.89. The van der Waals surface area contributed by atoms with E-state index in [1.165, 1.54) is 25.7 Å². The molecule has 0 aliphatic heterocycles. The molecule has 4 heteroatoms. The van der Waals surface area contributed by atoms with Gasteiger partial charge in [0.05, 0.1) is 6.54 Å². The van der Waals surface area contributed by atoms with Crippen molar-refractivity contribution in [1.29, 1.82) is 0 Å². The van der Waals surface area contributed by atoms with Gasteiger partial charge in [0.2, 0.25) is 6.33 Å². The van der Waals surface area contributed by atoms with Crippen LogP contribution in [0.2, 0.25) is 5.02 Å². The standard InChI is InChI=1S/C15H20ClN2.HI/c1-2-3-4-5-10-17-11-12-18(13-17)15-8-6-14(16)7-9-15;/h6-9,11-13H,2-5,10H2,1H3;1H/q+1;/p-1. The molecule has 0 amide bonds. The maximum atomic E-state index is 5.89. The van der Waals surface area contributed by atoms with Gasteiger partial charge in [0.15, 0.2) is 0 Å². The van der Waals surface area contributed by atoms with Crippen molar-refractivity contribution >= 4 is 11.6 Å². The van der Waals surface area contributed by atoms with Crippen molar-refractivity contribution in [2.45, 2.75) is 39.2 Å². The van der Waals surface area contributed by atoms with Crippen molar-refractivity contribution in [3.05, 3.63) is 48.0 Å². The quantitative estimate of drug-likeness (QED) is 0.395. The highest BCUT2D eigenvalue weighted by Gasteiger charge is 2.05. The van der Waals surface area contributed by atoms with Gasteiger partial charge in [-0.15, -0.1) is 0 Å². The van der Waals surface area contributed by atoms with Crippen LogP contribution >= 0.6 is 11.6 Å². The van der Waals surface area contributed by atoms with Gasteiger partial charge in [-0.05, 0) is 37.1 Å². The summed E-state index contributed by atoms with van der Waals surface area (Å²) >= 11 is 5.89. The third-order valence-corrected chi connectivity index (χ3v) is 3.34. The zero-order chi connectivity index (χ0) is 12.8. The molecule has 2 nitrogen and oxygen atoms in total. The molecule has 2 aromatic rings. The summed E-state index contributed by atoms with van der Waals surface area (Å²) in [5.74, 6) is 0. The Morgan fingerprint density at radius 1 is 1.11 bits per heavy atom. The number of imidazole rings is 1. The second-order valence-electron chi connectivity index (χ2n) is 4.60. The first-order valence-corrected chi connectivity index (χ1v) is 7.00. The molecule has 0 saturated heterocycles. The first-order chi connectivity index (χ1) is 8.79. The Labute approximate surface area is 137 Å². The first-order valence-electron chi connectivity index (χ1n) is 6.62. The van der Waals surface area contributed by atoms with Gasteiger partial charge < -0.3 is 24.0 Å². The van der Waals surface area contributed by atoms with Gasteiger partial charge in [-0.3, -0.25) is 0 Å². The largest absolute Gasteiger partial charge is 1.00 e. The molecule has 1 heterocycles. The fraction of sp³-hybridized carbons (Fsp3) is 0.400. The van der Waals surface area contributed by atoms with Crippen molar-refractivity contribution < 1.29 is 28.5 Å². The number of halogens is 2. The zero-order valence-electron chi connectivity index (χ0n) is 11.2. The number of rotatable bonds is 6. The highest BCUT2D eigenvalue weighted by atomic mass is 127. The van der Waals surface area contributed by atoms with Crippen molar-refractivity contribution in [1.82, 2.24) is 4.57 Å². The SMILES string of the molecule is CCCCCC[n+]1ccn(-c2ccc(Cl)cc2)c1.[I-]. The van der Waals surface area contributed by atoms with Crippen LogP contribution in [0, 0.1) is 0 Å². The zero-order valence-corrected chi connectivity index (χ0v) is 14.1. The van der Waals surface area contributed by atoms with Crippen LogP contribution in [0.4, 0.5) is 0 Å². The van der Waals surface area contributed by atoms with Crippen LogP contribution in [0.3, 0.4) is 0 Å². The Bertz CT molecular complexity index is 479. The van der Waals surface area contributed by atoms with Crippen molar-refractivity contribution in [2.75, 3.05) is 0 Å². The molecular formula is C15H20ClIN2. The van der Waals surface area contributed by atoms with E-state index < -0.39 is 0 Å². The van der Waals surface area contributed by atoms with Crippen molar-refractivity contribution in [3.8, 4) is 5.69 Å². The number of nitrogens with zero attached hydrogens (tertiary/aromatic N) is 2. The van der Waals surface area contributed by atoms with Gasteiger partial charge in [-0.1, -0.05) is 31.4 Å². The predicted octanol–water partition coefficient (Wildman–Crippen LogP) is 1.00. The lowest BCUT2D eigenvalue weighted by Crippen LogP contribution is -3.00. The summed E-state index contributed by atoms with van der Waals surface area (Å²) < 4.78 is 4.36. The average molecular weight is 391 g/mol. The molecule has 104 valence electrons. The van der Waals surface area contributed by atoms with Crippen LogP contribution in [-0.2, 0) is 6.54 Å². The molecule has 0 radical (unpaired) electrons. The summed E-state index contributed by atoms with van der Waals surface area (Å²) in [5.41, 5.74) is 1.15. The maximum Gasteiger partial charge on any atom is 0.248 e. The minimum absolute atomic E-state index is 0. The van der Waals surface area contributed by atoms with Crippen LogP contribution < -0.4 is 28.5 Å². The molecule has 0 atom stereocenters. The number of hydrogen-bond acceptors (Lipinski definition) is 0. The molecule has 2 rings (SSSR count). The van der Waals surface area contributed by atoms with E-state index in [-0.39, 0.29) is 24.0 Å². The Hall–Kier alpha value is -0.550. The minimum atomic E-state index is 0. The van der Waals surface area contributed by atoms with E-state index in [1.54, 1.807) is 0 Å². The summed E-state index contributed by atoms with van der Waals surface area (Å²) in [7, 11) is 0. The summed E-state index contributed by atoms with van der Waals surface area (Å²) in [6, 6.07) is 7.90. The van der Waals surface area contributed by atoms with Gasteiger partial charge >= 0.3 is 0 Å². The minimum Gasteiger partial charge on any atom is -1.00 e.